The van der Waals surface area contributed by atoms with Gasteiger partial charge in [-0.15, -0.1) is 11.3 Å². The third kappa shape index (κ3) is 4.83. The van der Waals surface area contributed by atoms with Gasteiger partial charge in [0.15, 0.2) is 6.10 Å². The van der Waals surface area contributed by atoms with Gasteiger partial charge in [0.05, 0.1) is 27.2 Å². The highest BCUT2D eigenvalue weighted by molar-refractivity contribution is 7.12. The topological polar surface area (TPSA) is 41.9 Å². The standard InChI is InChI=1S/C22H17Cl2FN2O2S/c23-18-7-6-15(10-19(18)24)20-11-17(29-26-20)13-27(22(28)21-5-2-8-30-21)12-14-3-1-4-16(25)9-14/h1-10,17H,11-13H2. The molecule has 154 valence electrons. The molecule has 30 heavy (non-hydrogen) atoms. The Labute approximate surface area is 187 Å². The largest absolute Gasteiger partial charge is 0.390 e. The van der Waals surface area contributed by atoms with E-state index in [0.717, 1.165) is 11.3 Å². The molecule has 0 bridgehead atoms. The van der Waals surface area contributed by atoms with Gasteiger partial charge in [-0.2, -0.15) is 0 Å². The van der Waals surface area contributed by atoms with Crippen molar-refractivity contribution in [2.75, 3.05) is 6.54 Å². The average molecular weight is 463 g/mol. The van der Waals surface area contributed by atoms with Crippen LogP contribution in [0.1, 0.15) is 27.2 Å². The van der Waals surface area contributed by atoms with Crippen LogP contribution in [0.25, 0.3) is 0 Å². The molecule has 1 aromatic heterocycles. The number of carbonyl (C=O) groups excluding carboxylic acids is 1. The van der Waals surface area contributed by atoms with Crippen LogP contribution in [-0.2, 0) is 11.4 Å². The number of hydrogen-bond donors (Lipinski definition) is 0. The van der Waals surface area contributed by atoms with Gasteiger partial charge < -0.3 is 9.74 Å². The van der Waals surface area contributed by atoms with Crippen molar-refractivity contribution in [3.63, 3.8) is 0 Å². The number of halogens is 3. The number of benzene rings is 2. The van der Waals surface area contributed by atoms with Crippen LogP contribution in [-0.4, -0.2) is 29.2 Å². The fourth-order valence-electron chi connectivity index (χ4n) is 3.25. The first kappa shape index (κ1) is 20.8. The Morgan fingerprint density at radius 1 is 1.17 bits per heavy atom. The lowest BCUT2D eigenvalue weighted by molar-refractivity contribution is 0.0408. The molecule has 4 rings (SSSR count). The van der Waals surface area contributed by atoms with E-state index in [1.165, 1.54) is 23.5 Å². The number of rotatable bonds is 6. The van der Waals surface area contributed by atoms with Crippen LogP contribution < -0.4 is 0 Å². The number of carbonyl (C=O) groups is 1. The van der Waals surface area contributed by atoms with Gasteiger partial charge in [-0.1, -0.05) is 52.6 Å². The lowest BCUT2D eigenvalue weighted by Gasteiger charge is -2.24. The van der Waals surface area contributed by atoms with E-state index < -0.39 is 0 Å². The Hall–Kier alpha value is -2.41. The van der Waals surface area contributed by atoms with E-state index in [1.54, 1.807) is 35.2 Å². The fraction of sp³-hybridized carbons (Fsp3) is 0.182. The first-order chi connectivity index (χ1) is 14.5. The summed E-state index contributed by atoms with van der Waals surface area (Å²) >= 11 is 13.5. The SMILES string of the molecule is O=C(c1cccs1)N(Cc1cccc(F)c1)CC1CC(c2ccc(Cl)c(Cl)c2)=NO1. The zero-order chi connectivity index (χ0) is 21.1. The molecular weight excluding hydrogens is 446 g/mol. The van der Waals surface area contributed by atoms with E-state index in [0.29, 0.717) is 33.5 Å². The summed E-state index contributed by atoms with van der Waals surface area (Å²) in [6, 6.07) is 15.1. The second-order valence-electron chi connectivity index (χ2n) is 6.89. The Bertz CT molecular complexity index is 1090. The normalized spacial score (nSPS) is 15.6. The van der Waals surface area contributed by atoms with Crippen molar-refractivity contribution in [3.05, 3.63) is 91.8 Å². The van der Waals surface area contributed by atoms with Crippen LogP contribution in [0.5, 0.6) is 0 Å². The monoisotopic (exact) mass is 462 g/mol. The van der Waals surface area contributed by atoms with Gasteiger partial charge >= 0.3 is 0 Å². The molecule has 1 aliphatic rings. The van der Waals surface area contributed by atoms with Crippen LogP contribution in [0.15, 0.2) is 65.1 Å². The average Bonchev–Trinajstić information content (AvgIpc) is 3.41. The molecule has 3 aromatic rings. The Morgan fingerprint density at radius 2 is 2.03 bits per heavy atom. The minimum atomic E-state index is -0.335. The third-order valence-electron chi connectivity index (χ3n) is 4.69. The summed E-state index contributed by atoms with van der Waals surface area (Å²) in [5, 5.41) is 6.94. The molecule has 8 heteroatoms. The molecule has 0 N–H and O–H groups in total. The maximum Gasteiger partial charge on any atom is 0.264 e. The zero-order valence-corrected chi connectivity index (χ0v) is 18.1. The Balaban J connectivity index is 1.49. The van der Waals surface area contributed by atoms with E-state index >= 15 is 0 Å². The minimum absolute atomic E-state index is 0.124. The molecule has 4 nitrogen and oxygen atoms in total. The van der Waals surface area contributed by atoms with Crippen LogP contribution in [0.4, 0.5) is 4.39 Å². The molecule has 1 aliphatic heterocycles. The molecule has 0 aliphatic carbocycles. The lowest BCUT2D eigenvalue weighted by atomic mass is 10.0. The smallest absolute Gasteiger partial charge is 0.264 e. The predicted molar refractivity (Wildman–Crippen MR) is 118 cm³/mol. The molecule has 1 amide bonds. The van der Waals surface area contributed by atoms with Crippen molar-refractivity contribution < 1.29 is 14.0 Å². The highest BCUT2D eigenvalue weighted by atomic mass is 35.5. The maximum absolute atomic E-state index is 13.6. The van der Waals surface area contributed by atoms with Crippen LogP contribution in [0.2, 0.25) is 10.0 Å². The molecule has 0 saturated heterocycles. The van der Waals surface area contributed by atoms with E-state index in [4.69, 9.17) is 28.0 Å². The van der Waals surface area contributed by atoms with Crippen LogP contribution >= 0.6 is 34.5 Å². The van der Waals surface area contributed by atoms with E-state index in [9.17, 15) is 9.18 Å². The molecule has 2 aromatic carbocycles. The quantitative estimate of drug-likeness (QED) is 0.448. The van der Waals surface area contributed by atoms with Gasteiger partial charge in [0.25, 0.3) is 5.91 Å². The highest BCUT2D eigenvalue weighted by Crippen LogP contribution is 2.26. The lowest BCUT2D eigenvalue weighted by Crippen LogP contribution is -2.37. The molecule has 0 fully saturated rings. The van der Waals surface area contributed by atoms with Gasteiger partial charge in [0.1, 0.15) is 5.82 Å². The first-order valence-electron chi connectivity index (χ1n) is 9.25. The number of nitrogens with zero attached hydrogens (tertiary/aromatic N) is 2. The summed E-state index contributed by atoms with van der Waals surface area (Å²) in [7, 11) is 0. The zero-order valence-electron chi connectivity index (χ0n) is 15.7. The summed E-state index contributed by atoms with van der Waals surface area (Å²) in [6.07, 6.45) is 0.210. The second kappa shape index (κ2) is 9.16. The van der Waals surface area contributed by atoms with Crippen LogP contribution in [0, 0.1) is 5.82 Å². The molecule has 1 atom stereocenters. The Morgan fingerprint density at radius 3 is 2.77 bits per heavy atom. The van der Waals surface area contributed by atoms with Crippen LogP contribution in [0.3, 0.4) is 0 Å². The number of hydrogen-bond acceptors (Lipinski definition) is 4. The molecule has 2 heterocycles. The number of thiophene rings is 1. The second-order valence-corrected chi connectivity index (χ2v) is 8.65. The van der Waals surface area contributed by atoms with Gasteiger partial charge in [0, 0.05) is 18.5 Å². The fourth-order valence-corrected chi connectivity index (χ4v) is 4.24. The first-order valence-corrected chi connectivity index (χ1v) is 10.9. The molecule has 0 radical (unpaired) electrons. The van der Waals surface area contributed by atoms with Gasteiger partial charge in [0.2, 0.25) is 0 Å². The van der Waals surface area contributed by atoms with Crippen molar-refractivity contribution in [3.8, 4) is 0 Å². The van der Waals surface area contributed by atoms with Crippen molar-refractivity contribution in [2.24, 2.45) is 5.16 Å². The number of oxime groups is 1. The molecule has 1 unspecified atom stereocenters. The van der Waals surface area contributed by atoms with Gasteiger partial charge in [-0.3, -0.25) is 4.79 Å². The highest BCUT2D eigenvalue weighted by Gasteiger charge is 2.28. The van der Waals surface area contributed by atoms with Gasteiger partial charge in [-0.05, 0) is 41.3 Å². The predicted octanol–water partition coefficient (Wildman–Crippen LogP) is 6.03. The molecule has 0 spiro atoms. The summed E-state index contributed by atoms with van der Waals surface area (Å²) in [5.74, 6) is -0.459. The summed E-state index contributed by atoms with van der Waals surface area (Å²) in [5.41, 5.74) is 2.28. The van der Waals surface area contributed by atoms with Crippen molar-refractivity contribution in [1.82, 2.24) is 4.90 Å². The van der Waals surface area contributed by atoms with Crippen molar-refractivity contribution in [2.45, 2.75) is 19.1 Å². The maximum atomic E-state index is 13.6. The summed E-state index contributed by atoms with van der Waals surface area (Å²) in [6.45, 7) is 0.595. The van der Waals surface area contributed by atoms with Crippen molar-refractivity contribution in [1.29, 1.82) is 0 Å². The Kier molecular flexibility index (Phi) is 6.37. The third-order valence-corrected chi connectivity index (χ3v) is 6.29. The summed E-state index contributed by atoms with van der Waals surface area (Å²) in [4.78, 5) is 20.9. The molecular formula is C22H17Cl2FN2O2S. The minimum Gasteiger partial charge on any atom is -0.390 e. The van der Waals surface area contributed by atoms with E-state index in [1.807, 2.05) is 17.5 Å². The van der Waals surface area contributed by atoms with E-state index in [-0.39, 0.29) is 24.4 Å². The van der Waals surface area contributed by atoms with E-state index in [2.05, 4.69) is 5.16 Å². The summed E-state index contributed by atoms with van der Waals surface area (Å²) < 4.78 is 13.6. The number of amides is 1. The van der Waals surface area contributed by atoms with Gasteiger partial charge in [-0.25, -0.2) is 4.39 Å². The van der Waals surface area contributed by atoms with Crippen molar-refractivity contribution >= 4 is 46.2 Å². The molecule has 0 saturated carbocycles.